The number of likely N-dealkylation sites (tertiary alicyclic amines) is 1. The first-order chi connectivity index (χ1) is 8.35. The van der Waals surface area contributed by atoms with Crippen LogP contribution in [0.25, 0.3) is 0 Å². The summed E-state index contributed by atoms with van der Waals surface area (Å²) < 4.78 is 0. The number of thioether (sulfide) groups is 1. The number of nitrogens with two attached hydrogens (primary N) is 1. The second-order valence-electron chi connectivity index (χ2n) is 5.76. The number of piperidine rings is 1. The van der Waals surface area contributed by atoms with E-state index in [9.17, 15) is 0 Å². The first-order valence-corrected chi connectivity index (χ1v) is 8.67. The number of hydrogen-bond acceptors (Lipinski definition) is 3. The molecular weight excluding hydrogens is 228 g/mol. The Morgan fingerprint density at radius 3 is 2.71 bits per heavy atom. The molecule has 17 heavy (non-hydrogen) atoms. The molecule has 0 radical (unpaired) electrons. The van der Waals surface area contributed by atoms with E-state index in [1.807, 2.05) is 11.8 Å². The van der Waals surface area contributed by atoms with Crippen molar-refractivity contribution in [3.63, 3.8) is 0 Å². The third-order valence-electron chi connectivity index (χ3n) is 4.77. The highest BCUT2D eigenvalue weighted by molar-refractivity contribution is 7.98. The second-order valence-corrected chi connectivity index (χ2v) is 6.74. The summed E-state index contributed by atoms with van der Waals surface area (Å²) in [7, 11) is 0. The van der Waals surface area contributed by atoms with Gasteiger partial charge in [-0.15, -0.1) is 0 Å². The largest absolute Gasteiger partial charge is 0.329 e. The maximum atomic E-state index is 5.96. The third kappa shape index (κ3) is 3.62. The Bertz CT molecular complexity index is 222. The van der Waals surface area contributed by atoms with Gasteiger partial charge in [-0.25, -0.2) is 0 Å². The normalized spacial score (nSPS) is 32.1. The molecule has 1 saturated carbocycles. The van der Waals surface area contributed by atoms with Crippen molar-refractivity contribution in [1.82, 2.24) is 4.90 Å². The fourth-order valence-corrected chi connectivity index (χ4v) is 4.17. The molecule has 2 rings (SSSR count). The molecule has 0 spiro atoms. The highest BCUT2D eigenvalue weighted by Crippen LogP contribution is 2.36. The Labute approximate surface area is 111 Å². The van der Waals surface area contributed by atoms with E-state index >= 15 is 0 Å². The van der Waals surface area contributed by atoms with E-state index in [4.69, 9.17) is 5.73 Å². The van der Waals surface area contributed by atoms with Gasteiger partial charge in [0.05, 0.1) is 0 Å². The van der Waals surface area contributed by atoms with Gasteiger partial charge in [0, 0.05) is 19.1 Å². The molecule has 1 saturated heterocycles. The van der Waals surface area contributed by atoms with Crippen molar-refractivity contribution in [3.05, 3.63) is 0 Å². The van der Waals surface area contributed by atoms with Gasteiger partial charge in [0.1, 0.15) is 0 Å². The van der Waals surface area contributed by atoms with Crippen molar-refractivity contribution in [1.29, 1.82) is 0 Å². The minimum absolute atomic E-state index is 0.644. The van der Waals surface area contributed by atoms with Gasteiger partial charge in [-0.1, -0.05) is 19.3 Å². The fourth-order valence-electron chi connectivity index (χ4n) is 3.66. The standard InChI is InChI=1S/C14H28N2S/c1-17-9-7-14(10-15)16-8-6-12-4-2-3-5-13(12)11-16/h12-14H,2-11,15H2,1H3. The maximum Gasteiger partial charge on any atom is 0.0226 e. The summed E-state index contributed by atoms with van der Waals surface area (Å²) >= 11 is 1.95. The zero-order chi connectivity index (χ0) is 12.1. The SMILES string of the molecule is CSCCC(CN)N1CCC2CCCCC2C1. The number of fused-ring (bicyclic) bond motifs is 1. The van der Waals surface area contributed by atoms with Crippen LogP contribution in [0.5, 0.6) is 0 Å². The predicted molar refractivity (Wildman–Crippen MR) is 77.5 cm³/mol. The van der Waals surface area contributed by atoms with Crippen LogP contribution in [0.3, 0.4) is 0 Å². The molecule has 1 aliphatic heterocycles. The van der Waals surface area contributed by atoms with Gasteiger partial charge in [0.2, 0.25) is 0 Å². The Morgan fingerprint density at radius 2 is 2.00 bits per heavy atom. The van der Waals surface area contributed by atoms with E-state index in [-0.39, 0.29) is 0 Å². The molecule has 0 bridgehead atoms. The van der Waals surface area contributed by atoms with Crippen LogP contribution < -0.4 is 5.73 Å². The summed E-state index contributed by atoms with van der Waals surface area (Å²) in [6, 6.07) is 0.644. The van der Waals surface area contributed by atoms with Crippen molar-refractivity contribution in [2.75, 3.05) is 31.6 Å². The molecule has 2 fully saturated rings. The Kier molecular flexibility index (Phi) is 5.64. The van der Waals surface area contributed by atoms with Gasteiger partial charge in [0.25, 0.3) is 0 Å². The van der Waals surface area contributed by atoms with Crippen LogP contribution in [0, 0.1) is 11.8 Å². The average Bonchev–Trinajstić information content (AvgIpc) is 2.39. The van der Waals surface area contributed by atoms with E-state index in [2.05, 4.69) is 11.2 Å². The van der Waals surface area contributed by atoms with Gasteiger partial charge in [-0.05, 0) is 49.7 Å². The molecule has 100 valence electrons. The number of hydrogen-bond donors (Lipinski definition) is 1. The van der Waals surface area contributed by atoms with Gasteiger partial charge in [-0.2, -0.15) is 11.8 Å². The molecule has 1 heterocycles. The van der Waals surface area contributed by atoms with Crippen molar-refractivity contribution in [2.24, 2.45) is 17.6 Å². The molecule has 3 heteroatoms. The van der Waals surface area contributed by atoms with Crippen LogP contribution in [0.15, 0.2) is 0 Å². The molecule has 2 nitrogen and oxygen atoms in total. The lowest BCUT2D eigenvalue weighted by atomic mass is 9.75. The lowest BCUT2D eigenvalue weighted by Crippen LogP contribution is -2.49. The maximum absolute atomic E-state index is 5.96. The molecule has 3 atom stereocenters. The summed E-state index contributed by atoms with van der Waals surface area (Å²) in [5, 5.41) is 0. The summed E-state index contributed by atoms with van der Waals surface area (Å²) in [6.07, 6.45) is 10.8. The van der Waals surface area contributed by atoms with Crippen LogP contribution in [0.2, 0.25) is 0 Å². The highest BCUT2D eigenvalue weighted by atomic mass is 32.2. The van der Waals surface area contributed by atoms with E-state index in [0.717, 1.165) is 18.4 Å². The second kappa shape index (κ2) is 7.01. The van der Waals surface area contributed by atoms with Crippen LogP contribution >= 0.6 is 11.8 Å². The predicted octanol–water partition coefficient (Wildman–Crippen LogP) is 2.58. The quantitative estimate of drug-likeness (QED) is 0.820. The fraction of sp³-hybridized carbons (Fsp3) is 1.00. The molecule has 1 aliphatic carbocycles. The van der Waals surface area contributed by atoms with Gasteiger partial charge >= 0.3 is 0 Å². The van der Waals surface area contributed by atoms with Crippen molar-refractivity contribution in [2.45, 2.75) is 44.6 Å². The Hall–Kier alpha value is 0.270. The molecule has 0 amide bonds. The minimum Gasteiger partial charge on any atom is -0.329 e. The third-order valence-corrected chi connectivity index (χ3v) is 5.41. The summed E-state index contributed by atoms with van der Waals surface area (Å²) in [5.74, 6) is 3.28. The van der Waals surface area contributed by atoms with Crippen LogP contribution in [-0.2, 0) is 0 Å². The van der Waals surface area contributed by atoms with E-state index in [1.165, 1.54) is 57.4 Å². The average molecular weight is 256 g/mol. The lowest BCUT2D eigenvalue weighted by Gasteiger charge is -2.44. The van der Waals surface area contributed by atoms with E-state index in [0.29, 0.717) is 6.04 Å². The van der Waals surface area contributed by atoms with Gasteiger partial charge in [0.15, 0.2) is 0 Å². The van der Waals surface area contributed by atoms with Crippen molar-refractivity contribution >= 4 is 11.8 Å². The zero-order valence-electron chi connectivity index (χ0n) is 11.2. The molecule has 0 aromatic heterocycles. The van der Waals surface area contributed by atoms with Crippen molar-refractivity contribution in [3.8, 4) is 0 Å². The molecular formula is C14H28N2S. The monoisotopic (exact) mass is 256 g/mol. The Morgan fingerprint density at radius 1 is 1.24 bits per heavy atom. The minimum atomic E-state index is 0.644. The molecule has 2 aliphatic rings. The molecule has 0 aromatic carbocycles. The summed E-state index contributed by atoms with van der Waals surface area (Å²) in [4.78, 5) is 2.70. The topological polar surface area (TPSA) is 29.3 Å². The number of rotatable bonds is 5. The first-order valence-electron chi connectivity index (χ1n) is 7.28. The highest BCUT2D eigenvalue weighted by Gasteiger charge is 2.33. The molecule has 0 aromatic rings. The molecule has 3 unspecified atom stereocenters. The van der Waals surface area contributed by atoms with E-state index in [1.54, 1.807) is 0 Å². The smallest absolute Gasteiger partial charge is 0.0226 e. The van der Waals surface area contributed by atoms with Gasteiger partial charge < -0.3 is 5.73 Å². The summed E-state index contributed by atoms with van der Waals surface area (Å²) in [5.41, 5.74) is 5.96. The summed E-state index contributed by atoms with van der Waals surface area (Å²) in [6.45, 7) is 3.48. The van der Waals surface area contributed by atoms with Gasteiger partial charge in [-0.3, -0.25) is 4.90 Å². The van der Waals surface area contributed by atoms with E-state index < -0.39 is 0 Å². The van der Waals surface area contributed by atoms with Crippen LogP contribution in [-0.4, -0.2) is 42.6 Å². The first kappa shape index (κ1) is 13.7. The number of nitrogens with zero attached hydrogens (tertiary/aromatic N) is 1. The molecule has 2 N–H and O–H groups in total. The van der Waals surface area contributed by atoms with Crippen molar-refractivity contribution < 1.29 is 0 Å². The Balaban J connectivity index is 1.84. The lowest BCUT2D eigenvalue weighted by molar-refractivity contribution is 0.0581. The van der Waals surface area contributed by atoms with Crippen LogP contribution in [0.1, 0.15) is 38.5 Å². The van der Waals surface area contributed by atoms with Crippen LogP contribution in [0.4, 0.5) is 0 Å². The zero-order valence-corrected chi connectivity index (χ0v) is 12.1.